The second-order valence-electron chi connectivity index (χ2n) is 4.53. The zero-order valence-corrected chi connectivity index (χ0v) is 11.2. The monoisotopic (exact) mass is 262 g/mol. The van der Waals surface area contributed by atoms with E-state index in [9.17, 15) is 4.79 Å². The predicted octanol–water partition coefficient (Wildman–Crippen LogP) is 1.38. The number of hydrogen-bond donors (Lipinski definition) is 2. The highest BCUT2D eigenvalue weighted by Crippen LogP contribution is 2.19. The van der Waals surface area contributed by atoms with E-state index in [1.54, 1.807) is 10.9 Å². The van der Waals surface area contributed by atoms with Crippen molar-refractivity contribution < 1.29 is 9.90 Å². The molecule has 0 radical (unpaired) electrons. The van der Waals surface area contributed by atoms with E-state index >= 15 is 0 Å². The Morgan fingerprint density at radius 2 is 2.26 bits per heavy atom. The van der Waals surface area contributed by atoms with Crippen LogP contribution in [0.4, 0.5) is 5.69 Å². The first-order valence-electron chi connectivity index (χ1n) is 6.32. The molecule has 0 unspecified atom stereocenters. The summed E-state index contributed by atoms with van der Waals surface area (Å²) >= 11 is 0. The van der Waals surface area contributed by atoms with Crippen molar-refractivity contribution in [3.05, 3.63) is 18.0 Å². The number of nitrogens with zero attached hydrogens (tertiary/aromatic N) is 3. The van der Waals surface area contributed by atoms with Gasteiger partial charge in [-0.1, -0.05) is 0 Å². The third-order valence-corrected chi connectivity index (χ3v) is 2.96. The van der Waals surface area contributed by atoms with E-state index in [2.05, 4.69) is 15.4 Å². The second kappa shape index (κ2) is 5.79. The molecule has 102 valence electrons. The summed E-state index contributed by atoms with van der Waals surface area (Å²) in [4.78, 5) is 16.0. The maximum atomic E-state index is 11.7. The molecule has 0 bridgehead atoms. The van der Waals surface area contributed by atoms with Gasteiger partial charge in [0.25, 0.3) is 0 Å². The SMILES string of the molecule is Cc1nn(C)c2ncc(NC(=O)CCCCO)cc12. The Bertz CT molecular complexity index is 592. The van der Waals surface area contributed by atoms with Crippen molar-refractivity contribution in [1.29, 1.82) is 0 Å². The Morgan fingerprint density at radius 3 is 3.00 bits per heavy atom. The van der Waals surface area contributed by atoms with Gasteiger partial charge in [0, 0.05) is 25.5 Å². The number of fused-ring (bicyclic) bond motifs is 1. The summed E-state index contributed by atoms with van der Waals surface area (Å²) < 4.78 is 1.72. The molecule has 2 rings (SSSR count). The average Bonchev–Trinajstić information content (AvgIpc) is 2.65. The van der Waals surface area contributed by atoms with Gasteiger partial charge >= 0.3 is 0 Å². The number of aryl methyl sites for hydroxylation is 2. The van der Waals surface area contributed by atoms with Crippen LogP contribution in [0.15, 0.2) is 12.3 Å². The van der Waals surface area contributed by atoms with Gasteiger partial charge in [0.15, 0.2) is 5.65 Å². The number of unbranched alkanes of at least 4 members (excludes halogenated alkanes) is 1. The van der Waals surface area contributed by atoms with Crippen LogP contribution >= 0.6 is 0 Å². The molecule has 2 aromatic rings. The van der Waals surface area contributed by atoms with Crippen molar-refractivity contribution in [2.75, 3.05) is 11.9 Å². The summed E-state index contributed by atoms with van der Waals surface area (Å²) in [6.45, 7) is 2.03. The molecule has 0 aliphatic rings. The molecule has 0 fully saturated rings. The summed E-state index contributed by atoms with van der Waals surface area (Å²) in [5.41, 5.74) is 2.37. The highest BCUT2D eigenvalue weighted by Gasteiger charge is 2.08. The predicted molar refractivity (Wildman–Crippen MR) is 72.8 cm³/mol. The van der Waals surface area contributed by atoms with E-state index in [1.807, 2.05) is 20.0 Å². The Kier molecular flexibility index (Phi) is 4.11. The number of amides is 1. The van der Waals surface area contributed by atoms with Gasteiger partial charge in [-0.05, 0) is 25.8 Å². The molecule has 0 saturated heterocycles. The number of aliphatic hydroxyl groups is 1. The van der Waals surface area contributed by atoms with Gasteiger partial charge in [-0.25, -0.2) is 4.98 Å². The second-order valence-corrected chi connectivity index (χ2v) is 4.53. The third-order valence-electron chi connectivity index (χ3n) is 2.96. The van der Waals surface area contributed by atoms with Crippen LogP contribution in [-0.2, 0) is 11.8 Å². The Balaban J connectivity index is 2.09. The van der Waals surface area contributed by atoms with E-state index < -0.39 is 0 Å². The molecule has 2 aromatic heterocycles. The number of carbonyl (C=O) groups excluding carboxylic acids is 1. The molecule has 0 aromatic carbocycles. The van der Waals surface area contributed by atoms with E-state index in [0.29, 0.717) is 24.9 Å². The van der Waals surface area contributed by atoms with Gasteiger partial charge in [0.1, 0.15) is 0 Å². The molecule has 6 heteroatoms. The number of anilines is 1. The molecule has 0 aliphatic carbocycles. The van der Waals surface area contributed by atoms with Crippen LogP contribution < -0.4 is 5.32 Å². The quantitative estimate of drug-likeness (QED) is 0.798. The van der Waals surface area contributed by atoms with Gasteiger partial charge in [-0.3, -0.25) is 9.48 Å². The van der Waals surface area contributed by atoms with Crippen molar-refractivity contribution in [2.24, 2.45) is 7.05 Å². The fourth-order valence-corrected chi connectivity index (χ4v) is 2.00. The van der Waals surface area contributed by atoms with Gasteiger partial charge in [0.05, 0.1) is 17.6 Å². The maximum Gasteiger partial charge on any atom is 0.224 e. The topological polar surface area (TPSA) is 80.0 Å². The van der Waals surface area contributed by atoms with E-state index in [1.165, 1.54) is 0 Å². The lowest BCUT2D eigenvalue weighted by atomic mass is 10.2. The fraction of sp³-hybridized carbons (Fsp3) is 0.462. The summed E-state index contributed by atoms with van der Waals surface area (Å²) in [7, 11) is 1.84. The van der Waals surface area contributed by atoms with Crippen LogP contribution in [0.25, 0.3) is 11.0 Å². The standard InChI is InChI=1S/C13H18N4O2/c1-9-11-7-10(8-14-13(11)17(2)16-9)15-12(19)5-3-4-6-18/h7-8,18H,3-6H2,1-2H3,(H,15,19). The minimum absolute atomic E-state index is 0.0591. The highest BCUT2D eigenvalue weighted by atomic mass is 16.3. The maximum absolute atomic E-state index is 11.7. The van der Waals surface area contributed by atoms with Crippen molar-refractivity contribution in [2.45, 2.75) is 26.2 Å². The molecule has 6 nitrogen and oxygen atoms in total. The molecule has 1 amide bonds. The fourth-order valence-electron chi connectivity index (χ4n) is 2.00. The first-order valence-corrected chi connectivity index (χ1v) is 6.32. The minimum Gasteiger partial charge on any atom is -0.396 e. The van der Waals surface area contributed by atoms with Crippen molar-refractivity contribution in [1.82, 2.24) is 14.8 Å². The van der Waals surface area contributed by atoms with E-state index in [4.69, 9.17) is 5.11 Å². The molecule has 0 atom stereocenters. The van der Waals surface area contributed by atoms with Crippen LogP contribution in [0.1, 0.15) is 25.0 Å². The lowest BCUT2D eigenvalue weighted by Gasteiger charge is -2.04. The first kappa shape index (κ1) is 13.5. The zero-order valence-electron chi connectivity index (χ0n) is 11.2. The average molecular weight is 262 g/mol. The van der Waals surface area contributed by atoms with Crippen molar-refractivity contribution in [3.63, 3.8) is 0 Å². The number of nitrogens with one attached hydrogen (secondary N) is 1. The number of aliphatic hydroxyl groups excluding tert-OH is 1. The summed E-state index contributed by atoms with van der Waals surface area (Å²) in [5.74, 6) is -0.0591. The van der Waals surface area contributed by atoms with Gasteiger partial charge < -0.3 is 10.4 Å². The lowest BCUT2D eigenvalue weighted by Crippen LogP contribution is -2.11. The number of pyridine rings is 1. The smallest absolute Gasteiger partial charge is 0.224 e. The lowest BCUT2D eigenvalue weighted by molar-refractivity contribution is -0.116. The van der Waals surface area contributed by atoms with Crippen LogP contribution in [0.2, 0.25) is 0 Å². The van der Waals surface area contributed by atoms with Crippen LogP contribution in [0.3, 0.4) is 0 Å². The third kappa shape index (κ3) is 3.08. The molecule has 0 aliphatic heterocycles. The van der Waals surface area contributed by atoms with Crippen LogP contribution in [0, 0.1) is 6.92 Å². The van der Waals surface area contributed by atoms with Gasteiger partial charge in [-0.15, -0.1) is 0 Å². The molecular weight excluding hydrogens is 244 g/mol. The van der Waals surface area contributed by atoms with Crippen LogP contribution in [-0.4, -0.2) is 32.4 Å². The van der Waals surface area contributed by atoms with Crippen molar-refractivity contribution in [3.8, 4) is 0 Å². The summed E-state index contributed by atoms with van der Waals surface area (Å²) in [6.07, 6.45) is 3.37. The molecule has 0 saturated carbocycles. The van der Waals surface area contributed by atoms with E-state index in [0.717, 1.165) is 16.7 Å². The van der Waals surface area contributed by atoms with Crippen molar-refractivity contribution >= 4 is 22.6 Å². The first-order chi connectivity index (χ1) is 9.11. The number of aromatic nitrogens is 3. The van der Waals surface area contributed by atoms with Gasteiger partial charge in [0.2, 0.25) is 5.91 Å². The summed E-state index contributed by atoms with van der Waals surface area (Å²) in [5, 5.41) is 16.7. The Morgan fingerprint density at radius 1 is 1.47 bits per heavy atom. The van der Waals surface area contributed by atoms with E-state index in [-0.39, 0.29) is 12.5 Å². The normalized spacial score (nSPS) is 10.9. The zero-order chi connectivity index (χ0) is 13.8. The summed E-state index contributed by atoms with van der Waals surface area (Å²) in [6, 6.07) is 1.88. The highest BCUT2D eigenvalue weighted by molar-refractivity contribution is 5.93. The Labute approximate surface area is 111 Å². The number of rotatable bonds is 5. The molecule has 19 heavy (non-hydrogen) atoms. The largest absolute Gasteiger partial charge is 0.396 e. The number of carbonyl (C=O) groups is 1. The van der Waals surface area contributed by atoms with Gasteiger partial charge in [-0.2, -0.15) is 5.10 Å². The molecule has 2 heterocycles. The Hall–Kier alpha value is -1.95. The van der Waals surface area contributed by atoms with Crippen LogP contribution in [0.5, 0.6) is 0 Å². The molecule has 2 N–H and O–H groups in total. The number of hydrogen-bond acceptors (Lipinski definition) is 4. The minimum atomic E-state index is -0.0591. The molecule has 0 spiro atoms. The molecular formula is C13H18N4O2.